The largest absolute Gasteiger partial charge is 0.497 e. The molecule has 130 valence electrons. The highest BCUT2D eigenvalue weighted by atomic mass is 16.5. The van der Waals surface area contributed by atoms with Crippen LogP contribution in [0.1, 0.15) is 22.3 Å². The Kier molecular flexibility index (Phi) is 6.34. The van der Waals surface area contributed by atoms with E-state index in [1.165, 1.54) is 11.6 Å². The molecule has 0 aliphatic carbocycles. The van der Waals surface area contributed by atoms with Crippen molar-refractivity contribution in [3.63, 3.8) is 0 Å². The first-order valence-electron chi connectivity index (χ1n) is 7.95. The maximum atomic E-state index is 11.9. The van der Waals surface area contributed by atoms with Gasteiger partial charge in [-0.05, 0) is 48.7 Å². The highest BCUT2D eigenvalue weighted by Gasteiger charge is 2.05. The first kappa shape index (κ1) is 18.3. The number of carbonyl (C=O) groups excluding carboxylic acids is 2. The lowest BCUT2D eigenvalue weighted by Gasteiger charge is -2.06. The summed E-state index contributed by atoms with van der Waals surface area (Å²) < 4.78 is 5.07. The number of methoxy groups -OCH3 is 1. The summed E-state index contributed by atoms with van der Waals surface area (Å²) in [6.07, 6.45) is 3.29. The molecule has 0 unspecified atom stereocenters. The maximum Gasteiger partial charge on any atom is 0.262 e. The highest BCUT2D eigenvalue weighted by Crippen LogP contribution is 2.12. The third-order valence-electron chi connectivity index (χ3n) is 3.69. The third kappa shape index (κ3) is 5.80. The number of ether oxygens (including phenoxy) is 1. The molecule has 2 amide bonds. The van der Waals surface area contributed by atoms with E-state index in [2.05, 4.69) is 10.9 Å². The van der Waals surface area contributed by atoms with Gasteiger partial charge in [0, 0.05) is 6.08 Å². The summed E-state index contributed by atoms with van der Waals surface area (Å²) in [5, 5.41) is 0. The Labute approximate surface area is 147 Å². The van der Waals surface area contributed by atoms with Crippen LogP contribution in [0.4, 0.5) is 0 Å². The zero-order valence-electron chi connectivity index (χ0n) is 14.6. The molecule has 0 aliphatic heterocycles. The predicted molar refractivity (Wildman–Crippen MR) is 97.9 cm³/mol. The minimum Gasteiger partial charge on any atom is -0.497 e. The van der Waals surface area contributed by atoms with Crippen LogP contribution in [0.5, 0.6) is 5.75 Å². The number of nitrogens with one attached hydrogen (secondary N) is 2. The first-order chi connectivity index (χ1) is 12.0. The second-order valence-corrected chi connectivity index (χ2v) is 5.76. The third-order valence-corrected chi connectivity index (χ3v) is 3.69. The summed E-state index contributed by atoms with van der Waals surface area (Å²) in [6.45, 7) is 4.01. The summed E-state index contributed by atoms with van der Waals surface area (Å²) in [5.41, 5.74) is 8.83. The van der Waals surface area contributed by atoms with Crippen molar-refractivity contribution in [1.29, 1.82) is 0 Å². The van der Waals surface area contributed by atoms with E-state index in [0.29, 0.717) is 0 Å². The van der Waals surface area contributed by atoms with Crippen molar-refractivity contribution < 1.29 is 14.3 Å². The molecule has 5 heteroatoms. The fraction of sp³-hybridized carbons (Fsp3) is 0.200. The summed E-state index contributed by atoms with van der Waals surface area (Å²) >= 11 is 0. The Bertz CT molecular complexity index is 780. The molecule has 0 saturated carbocycles. The van der Waals surface area contributed by atoms with E-state index in [4.69, 9.17) is 4.74 Å². The van der Waals surface area contributed by atoms with E-state index >= 15 is 0 Å². The predicted octanol–water partition coefficient (Wildman–Crippen LogP) is 2.72. The Morgan fingerprint density at radius 1 is 1.04 bits per heavy atom. The van der Waals surface area contributed by atoms with Crippen LogP contribution < -0.4 is 15.6 Å². The summed E-state index contributed by atoms with van der Waals surface area (Å²) in [7, 11) is 1.59. The van der Waals surface area contributed by atoms with E-state index < -0.39 is 0 Å². The minimum absolute atomic E-state index is 0.172. The first-order valence-corrected chi connectivity index (χ1v) is 7.95. The van der Waals surface area contributed by atoms with Gasteiger partial charge in [0.25, 0.3) is 5.91 Å². The van der Waals surface area contributed by atoms with E-state index in [1.807, 2.05) is 32.0 Å². The van der Waals surface area contributed by atoms with Gasteiger partial charge < -0.3 is 4.74 Å². The van der Waals surface area contributed by atoms with Crippen LogP contribution >= 0.6 is 0 Å². The van der Waals surface area contributed by atoms with Crippen LogP contribution in [0.3, 0.4) is 0 Å². The second-order valence-electron chi connectivity index (χ2n) is 5.76. The molecule has 0 heterocycles. The zero-order valence-corrected chi connectivity index (χ0v) is 14.6. The topological polar surface area (TPSA) is 67.4 Å². The molecule has 5 nitrogen and oxygen atoms in total. The maximum absolute atomic E-state index is 11.9. The smallest absolute Gasteiger partial charge is 0.262 e. The monoisotopic (exact) mass is 338 g/mol. The lowest BCUT2D eigenvalue weighted by atomic mass is 10.1. The van der Waals surface area contributed by atoms with Crippen LogP contribution in [0, 0.1) is 13.8 Å². The molecule has 0 fully saturated rings. The van der Waals surface area contributed by atoms with E-state index in [-0.39, 0.29) is 18.2 Å². The summed E-state index contributed by atoms with van der Waals surface area (Å²) in [5.74, 6) is 0.0514. The van der Waals surface area contributed by atoms with Gasteiger partial charge in [0.05, 0.1) is 13.5 Å². The molecule has 2 aromatic rings. The summed E-state index contributed by atoms with van der Waals surface area (Å²) in [6, 6.07) is 13.2. The van der Waals surface area contributed by atoms with Crippen molar-refractivity contribution in [2.45, 2.75) is 20.3 Å². The van der Waals surface area contributed by atoms with Gasteiger partial charge in [-0.3, -0.25) is 20.4 Å². The molecule has 0 bridgehead atoms. The molecular weight excluding hydrogens is 316 g/mol. The highest BCUT2D eigenvalue weighted by molar-refractivity contribution is 5.93. The molecule has 0 radical (unpaired) electrons. The van der Waals surface area contributed by atoms with Crippen LogP contribution in [0.2, 0.25) is 0 Å². The van der Waals surface area contributed by atoms with Gasteiger partial charge >= 0.3 is 0 Å². The van der Waals surface area contributed by atoms with Gasteiger partial charge in [-0.1, -0.05) is 35.9 Å². The number of rotatable bonds is 5. The Hall–Kier alpha value is -3.08. The van der Waals surface area contributed by atoms with Crippen molar-refractivity contribution in [3.05, 3.63) is 70.8 Å². The molecule has 0 spiro atoms. The van der Waals surface area contributed by atoms with Gasteiger partial charge in [0.15, 0.2) is 0 Å². The average molecular weight is 338 g/mol. The fourth-order valence-electron chi connectivity index (χ4n) is 2.32. The lowest BCUT2D eigenvalue weighted by molar-refractivity contribution is -0.126. The number of benzene rings is 2. The zero-order chi connectivity index (χ0) is 18.2. The number of hydrazine groups is 1. The second kappa shape index (κ2) is 8.68. The standard InChI is InChI=1S/C20H22N2O3/c1-14-4-7-17(15(2)12-14)8-11-19(23)21-22-20(24)13-16-5-9-18(25-3)10-6-16/h4-12H,13H2,1-3H3,(H,21,23)(H,22,24)/b11-8+. The van der Waals surface area contributed by atoms with Crippen molar-refractivity contribution in [2.24, 2.45) is 0 Å². The molecule has 0 aliphatic rings. The lowest BCUT2D eigenvalue weighted by Crippen LogP contribution is -2.41. The molecule has 0 aromatic heterocycles. The van der Waals surface area contributed by atoms with Crippen molar-refractivity contribution in [1.82, 2.24) is 10.9 Å². The number of aryl methyl sites for hydroxylation is 2. The van der Waals surface area contributed by atoms with E-state index in [1.54, 1.807) is 37.5 Å². The van der Waals surface area contributed by atoms with E-state index in [9.17, 15) is 9.59 Å². The quantitative estimate of drug-likeness (QED) is 0.651. The minimum atomic E-state index is -0.386. The van der Waals surface area contributed by atoms with Gasteiger partial charge in [-0.15, -0.1) is 0 Å². The molecular formula is C20H22N2O3. The SMILES string of the molecule is COc1ccc(CC(=O)NNC(=O)/C=C/c2ccc(C)cc2C)cc1. The van der Waals surface area contributed by atoms with Crippen LogP contribution in [0.25, 0.3) is 6.08 Å². The molecule has 2 aromatic carbocycles. The van der Waals surface area contributed by atoms with Crippen molar-refractivity contribution in [2.75, 3.05) is 7.11 Å². The van der Waals surface area contributed by atoms with E-state index in [0.717, 1.165) is 22.4 Å². The summed E-state index contributed by atoms with van der Waals surface area (Å²) in [4.78, 5) is 23.7. The molecule has 2 rings (SSSR count). The molecule has 25 heavy (non-hydrogen) atoms. The molecule has 0 atom stereocenters. The van der Waals surface area contributed by atoms with Crippen molar-refractivity contribution in [3.8, 4) is 5.75 Å². The number of carbonyl (C=O) groups is 2. The number of hydrogen-bond donors (Lipinski definition) is 2. The fourth-order valence-corrected chi connectivity index (χ4v) is 2.32. The van der Waals surface area contributed by atoms with Crippen LogP contribution in [-0.2, 0) is 16.0 Å². The molecule has 0 saturated heterocycles. The van der Waals surface area contributed by atoms with Crippen LogP contribution in [-0.4, -0.2) is 18.9 Å². The number of amides is 2. The normalized spacial score (nSPS) is 10.5. The van der Waals surface area contributed by atoms with Crippen LogP contribution in [0.15, 0.2) is 48.5 Å². The van der Waals surface area contributed by atoms with Gasteiger partial charge in [0.1, 0.15) is 5.75 Å². The Morgan fingerprint density at radius 2 is 1.76 bits per heavy atom. The number of hydrogen-bond acceptors (Lipinski definition) is 3. The average Bonchev–Trinajstić information content (AvgIpc) is 2.60. The van der Waals surface area contributed by atoms with Gasteiger partial charge in [-0.2, -0.15) is 0 Å². The van der Waals surface area contributed by atoms with Crippen molar-refractivity contribution >= 4 is 17.9 Å². The van der Waals surface area contributed by atoms with Gasteiger partial charge in [-0.25, -0.2) is 0 Å². The van der Waals surface area contributed by atoms with Gasteiger partial charge in [0.2, 0.25) is 5.91 Å². The molecule has 2 N–H and O–H groups in total. The Morgan fingerprint density at radius 3 is 2.40 bits per heavy atom. The Balaban J connectivity index is 1.82.